The van der Waals surface area contributed by atoms with Crippen LogP contribution in [-0.2, 0) is 0 Å². The monoisotopic (exact) mass is 193 g/mol. The molecule has 5 nitrogen and oxygen atoms in total. The van der Waals surface area contributed by atoms with Crippen molar-refractivity contribution in [1.82, 2.24) is 4.73 Å². The van der Waals surface area contributed by atoms with E-state index in [1.54, 1.807) is 24.3 Å². The Balaban J connectivity index is 3.06. The third kappa shape index (κ3) is 1.10. The molecule has 0 saturated heterocycles. The topological polar surface area (TPSA) is 61.4 Å². The number of aromatic nitrogens is 1. The first-order valence-electron chi connectivity index (χ1n) is 3.93. The molecule has 2 aromatic rings. The average Bonchev–Trinajstić information content (AvgIpc) is 2.18. The number of para-hydroxylation sites is 1. The fraction of sp³-hybridized carbons (Fsp3) is 0.111. The molecule has 1 aromatic heterocycles. The molecule has 0 aliphatic carbocycles. The maximum atomic E-state index is 11.2. The van der Waals surface area contributed by atoms with Gasteiger partial charge in [-0.3, -0.25) is 0 Å². The van der Waals surface area contributed by atoms with Crippen LogP contribution in [0, 0.1) is 0 Å². The SMILES string of the molecule is COn1c(=O)oc(=O)c2ccccc21. The van der Waals surface area contributed by atoms with Crippen LogP contribution in [0.1, 0.15) is 0 Å². The largest absolute Gasteiger partial charge is 0.455 e. The number of nitrogens with zero attached hydrogens (tertiary/aromatic N) is 1. The summed E-state index contributed by atoms with van der Waals surface area (Å²) < 4.78 is 5.37. The van der Waals surface area contributed by atoms with Gasteiger partial charge in [0.2, 0.25) is 0 Å². The molecule has 0 spiro atoms. The van der Waals surface area contributed by atoms with Crippen molar-refractivity contribution < 1.29 is 9.25 Å². The summed E-state index contributed by atoms with van der Waals surface area (Å²) in [6.45, 7) is 0. The lowest BCUT2D eigenvalue weighted by Crippen LogP contribution is -2.28. The van der Waals surface area contributed by atoms with Crippen LogP contribution < -0.4 is 16.2 Å². The first-order valence-corrected chi connectivity index (χ1v) is 3.93. The Kier molecular flexibility index (Phi) is 1.85. The van der Waals surface area contributed by atoms with Gasteiger partial charge < -0.3 is 9.25 Å². The molecule has 14 heavy (non-hydrogen) atoms. The van der Waals surface area contributed by atoms with Gasteiger partial charge in [0.1, 0.15) is 12.6 Å². The lowest BCUT2D eigenvalue weighted by molar-refractivity contribution is 0.141. The smallest absolute Gasteiger partial charge is 0.411 e. The minimum absolute atomic E-state index is 0.314. The van der Waals surface area contributed by atoms with E-state index in [-0.39, 0.29) is 0 Å². The summed E-state index contributed by atoms with van der Waals surface area (Å²) in [7, 11) is 1.33. The van der Waals surface area contributed by atoms with Crippen molar-refractivity contribution in [2.75, 3.05) is 7.11 Å². The molecule has 0 radical (unpaired) electrons. The minimum Gasteiger partial charge on any atom is -0.411 e. The molecular weight excluding hydrogens is 186 g/mol. The first kappa shape index (κ1) is 8.55. The number of hydrogen-bond donors (Lipinski definition) is 0. The maximum absolute atomic E-state index is 11.2. The zero-order chi connectivity index (χ0) is 10.1. The number of rotatable bonds is 1. The Morgan fingerprint density at radius 3 is 2.71 bits per heavy atom. The quantitative estimate of drug-likeness (QED) is 0.640. The summed E-state index contributed by atoms with van der Waals surface area (Å²) in [4.78, 5) is 27.2. The van der Waals surface area contributed by atoms with E-state index in [1.165, 1.54) is 7.11 Å². The molecular formula is C9H7NO4. The van der Waals surface area contributed by atoms with Crippen molar-refractivity contribution >= 4 is 10.9 Å². The molecule has 2 rings (SSSR count). The Bertz CT molecular complexity index is 581. The third-order valence-electron chi connectivity index (χ3n) is 1.87. The molecule has 5 heteroatoms. The second-order valence-corrected chi connectivity index (χ2v) is 2.65. The lowest BCUT2D eigenvalue weighted by atomic mass is 10.2. The Morgan fingerprint density at radius 1 is 1.29 bits per heavy atom. The van der Waals surface area contributed by atoms with Crippen molar-refractivity contribution in [2.24, 2.45) is 0 Å². The zero-order valence-corrected chi connectivity index (χ0v) is 7.39. The van der Waals surface area contributed by atoms with Crippen molar-refractivity contribution in [3.8, 4) is 0 Å². The normalized spacial score (nSPS) is 10.4. The summed E-state index contributed by atoms with van der Waals surface area (Å²) in [5.41, 5.74) is -0.254. The zero-order valence-electron chi connectivity index (χ0n) is 7.39. The fourth-order valence-corrected chi connectivity index (χ4v) is 1.27. The van der Waals surface area contributed by atoms with Gasteiger partial charge in [-0.1, -0.05) is 12.1 Å². The van der Waals surface area contributed by atoms with Crippen molar-refractivity contribution in [2.45, 2.75) is 0 Å². The molecule has 0 bridgehead atoms. The minimum atomic E-state index is -0.823. The molecule has 0 N–H and O–H groups in total. The van der Waals surface area contributed by atoms with E-state index in [2.05, 4.69) is 4.42 Å². The van der Waals surface area contributed by atoms with Crippen molar-refractivity contribution in [1.29, 1.82) is 0 Å². The van der Waals surface area contributed by atoms with Crippen LogP contribution in [0.5, 0.6) is 0 Å². The summed E-state index contributed by atoms with van der Waals surface area (Å²) in [5.74, 6) is -0.823. The highest BCUT2D eigenvalue weighted by Crippen LogP contribution is 2.05. The lowest BCUT2D eigenvalue weighted by Gasteiger charge is -2.04. The van der Waals surface area contributed by atoms with E-state index in [1.807, 2.05) is 0 Å². The predicted molar refractivity (Wildman–Crippen MR) is 49.2 cm³/mol. The second kappa shape index (κ2) is 3.02. The van der Waals surface area contributed by atoms with E-state index < -0.39 is 11.4 Å². The van der Waals surface area contributed by atoms with Crippen LogP contribution in [0.15, 0.2) is 38.3 Å². The molecule has 1 aromatic carbocycles. The standard InChI is InChI=1S/C9H7NO4/c1-13-10-7-5-3-2-4-6(7)8(11)14-9(10)12/h2-5H,1H3. The second-order valence-electron chi connectivity index (χ2n) is 2.65. The Morgan fingerprint density at radius 2 is 2.00 bits per heavy atom. The Labute approximate surface area is 78.1 Å². The van der Waals surface area contributed by atoms with Crippen LogP contribution >= 0.6 is 0 Å². The van der Waals surface area contributed by atoms with Crippen molar-refractivity contribution in [3.05, 3.63) is 45.2 Å². The molecule has 0 saturated carbocycles. The van der Waals surface area contributed by atoms with E-state index in [0.717, 1.165) is 4.73 Å². The Hall–Kier alpha value is -2.04. The highest BCUT2D eigenvalue weighted by Gasteiger charge is 2.07. The summed E-state index contributed by atoms with van der Waals surface area (Å²) in [6.07, 6.45) is 0. The van der Waals surface area contributed by atoms with E-state index >= 15 is 0 Å². The fourth-order valence-electron chi connectivity index (χ4n) is 1.27. The summed E-state index contributed by atoms with van der Waals surface area (Å²) in [5, 5.41) is 0.314. The van der Waals surface area contributed by atoms with Gasteiger partial charge in [-0.2, -0.15) is 0 Å². The molecule has 0 fully saturated rings. The molecule has 0 amide bonds. The number of fused-ring (bicyclic) bond motifs is 1. The first-order chi connectivity index (χ1) is 6.74. The molecule has 0 unspecified atom stereocenters. The molecule has 0 aliphatic rings. The van der Waals surface area contributed by atoms with E-state index in [0.29, 0.717) is 10.9 Å². The van der Waals surface area contributed by atoms with Crippen LogP contribution in [0.4, 0.5) is 0 Å². The van der Waals surface area contributed by atoms with Gasteiger partial charge in [0.15, 0.2) is 0 Å². The highest BCUT2D eigenvalue weighted by molar-refractivity contribution is 5.76. The number of benzene rings is 1. The average molecular weight is 193 g/mol. The molecule has 0 atom stereocenters. The van der Waals surface area contributed by atoms with Gasteiger partial charge in [0, 0.05) is 0 Å². The van der Waals surface area contributed by atoms with Gasteiger partial charge in [0.05, 0.1) is 5.39 Å². The maximum Gasteiger partial charge on any atom is 0.455 e. The van der Waals surface area contributed by atoms with Gasteiger partial charge >= 0.3 is 11.4 Å². The molecule has 1 heterocycles. The van der Waals surface area contributed by atoms with Crippen molar-refractivity contribution in [3.63, 3.8) is 0 Å². The van der Waals surface area contributed by atoms with Crippen LogP contribution in [-0.4, -0.2) is 11.8 Å². The summed E-state index contributed by atoms with van der Waals surface area (Å²) in [6, 6.07) is 6.56. The van der Waals surface area contributed by atoms with Crippen LogP contribution in [0.3, 0.4) is 0 Å². The molecule has 72 valence electrons. The summed E-state index contributed by atoms with van der Waals surface area (Å²) >= 11 is 0. The highest BCUT2D eigenvalue weighted by atomic mass is 16.7. The third-order valence-corrected chi connectivity index (χ3v) is 1.87. The van der Waals surface area contributed by atoms with Gasteiger partial charge in [-0.05, 0) is 12.1 Å². The van der Waals surface area contributed by atoms with Gasteiger partial charge in [0.25, 0.3) is 0 Å². The predicted octanol–water partition coefficient (Wildman–Crippen LogP) is 0.0131. The van der Waals surface area contributed by atoms with Gasteiger partial charge in [-0.25, -0.2) is 9.59 Å². The van der Waals surface area contributed by atoms with E-state index in [4.69, 9.17) is 4.84 Å². The van der Waals surface area contributed by atoms with E-state index in [9.17, 15) is 9.59 Å². The number of hydrogen-bond acceptors (Lipinski definition) is 4. The van der Waals surface area contributed by atoms with Crippen LogP contribution in [0.25, 0.3) is 10.9 Å². The van der Waals surface area contributed by atoms with Crippen LogP contribution in [0.2, 0.25) is 0 Å². The molecule has 0 aliphatic heterocycles. The van der Waals surface area contributed by atoms with Gasteiger partial charge in [-0.15, -0.1) is 4.73 Å².